The van der Waals surface area contributed by atoms with Gasteiger partial charge in [0.15, 0.2) is 0 Å². The molecule has 0 aliphatic carbocycles. The molecule has 1 aliphatic rings. The number of piperidine rings is 1. The molecule has 7 heteroatoms. The maximum absolute atomic E-state index is 12.6. The molecule has 1 fully saturated rings. The SMILES string of the molecule is O=C(N/N=C\c1ccccc1OCc1ccccc1)C1CCN(C(=O)c2ccc(Cl)cc2)CC1. The summed E-state index contributed by atoms with van der Waals surface area (Å²) in [6.45, 7) is 1.50. The maximum Gasteiger partial charge on any atom is 0.253 e. The zero-order valence-electron chi connectivity index (χ0n) is 18.7. The van der Waals surface area contributed by atoms with E-state index in [1.807, 2.05) is 54.6 Å². The summed E-state index contributed by atoms with van der Waals surface area (Å²) < 4.78 is 5.93. The minimum atomic E-state index is -0.184. The third-order valence-electron chi connectivity index (χ3n) is 5.78. The Hall–Kier alpha value is -3.64. The molecule has 1 saturated heterocycles. The van der Waals surface area contributed by atoms with Gasteiger partial charge in [-0.25, -0.2) is 5.43 Å². The van der Waals surface area contributed by atoms with Crippen molar-refractivity contribution in [2.45, 2.75) is 19.4 Å². The summed E-state index contributed by atoms with van der Waals surface area (Å²) in [4.78, 5) is 27.0. The predicted molar refractivity (Wildman–Crippen MR) is 133 cm³/mol. The summed E-state index contributed by atoms with van der Waals surface area (Å²) in [7, 11) is 0. The molecule has 1 N–H and O–H groups in total. The van der Waals surface area contributed by atoms with Gasteiger partial charge in [0.05, 0.1) is 6.21 Å². The van der Waals surface area contributed by atoms with Crippen LogP contribution in [-0.2, 0) is 11.4 Å². The topological polar surface area (TPSA) is 71.0 Å². The van der Waals surface area contributed by atoms with E-state index in [0.29, 0.717) is 48.9 Å². The molecule has 4 rings (SSSR count). The number of hydrogen-bond acceptors (Lipinski definition) is 4. The molecule has 3 aromatic rings. The van der Waals surface area contributed by atoms with Crippen LogP contribution in [0.2, 0.25) is 5.02 Å². The first-order valence-electron chi connectivity index (χ1n) is 11.2. The highest BCUT2D eigenvalue weighted by Gasteiger charge is 2.27. The first-order valence-corrected chi connectivity index (χ1v) is 11.6. The van der Waals surface area contributed by atoms with Crippen LogP contribution in [0.4, 0.5) is 0 Å². The number of nitrogens with one attached hydrogen (secondary N) is 1. The van der Waals surface area contributed by atoms with Crippen LogP contribution in [0.5, 0.6) is 5.75 Å². The fraction of sp³-hybridized carbons (Fsp3) is 0.222. The van der Waals surface area contributed by atoms with Crippen molar-refractivity contribution in [2.24, 2.45) is 11.0 Å². The van der Waals surface area contributed by atoms with Crippen molar-refractivity contribution in [2.75, 3.05) is 13.1 Å². The predicted octanol–water partition coefficient (Wildman–Crippen LogP) is 4.92. The number of benzene rings is 3. The smallest absolute Gasteiger partial charge is 0.253 e. The van der Waals surface area contributed by atoms with E-state index in [9.17, 15) is 9.59 Å². The molecule has 1 heterocycles. The lowest BCUT2D eigenvalue weighted by atomic mass is 9.95. The maximum atomic E-state index is 12.6. The van der Waals surface area contributed by atoms with Crippen LogP contribution in [0.1, 0.15) is 34.3 Å². The minimum Gasteiger partial charge on any atom is -0.488 e. The van der Waals surface area contributed by atoms with Crippen LogP contribution >= 0.6 is 11.6 Å². The number of hydrogen-bond donors (Lipinski definition) is 1. The number of amides is 2. The van der Waals surface area contributed by atoms with Gasteiger partial charge in [0, 0.05) is 35.2 Å². The van der Waals surface area contributed by atoms with Crippen molar-refractivity contribution in [1.82, 2.24) is 10.3 Å². The van der Waals surface area contributed by atoms with Crippen molar-refractivity contribution in [1.29, 1.82) is 0 Å². The van der Waals surface area contributed by atoms with Crippen LogP contribution in [0.3, 0.4) is 0 Å². The van der Waals surface area contributed by atoms with Gasteiger partial charge in [0.2, 0.25) is 5.91 Å². The van der Waals surface area contributed by atoms with Crippen LogP contribution in [-0.4, -0.2) is 36.0 Å². The summed E-state index contributed by atoms with van der Waals surface area (Å²) in [5.41, 5.74) is 5.09. The van der Waals surface area contributed by atoms with E-state index in [1.165, 1.54) is 0 Å². The van der Waals surface area contributed by atoms with Gasteiger partial charge in [-0.1, -0.05) is 54.1 Å². The van der Waals surface area contributed by atoms with Crippen LogP contribution in [0, 0.1) is 5.92 Å². The summed E-state index contributed by atoms with van der Waals surface area (Å²) in [6, 6.07) is 24.3. The molecule has 0 unspecified atom stereocenters. The molecule has 0 radical (unpaired) electrons. The summed E-state index contributed by atoms with van der Waals surface area (Å²) >= 11 is 5.90. The molecule has 2 amide bonds. The summed E-state index contributed by atoms with van der Waals surface area (Å²) in [6.07, 6.45) is 2.78. The fourth-order valence-electron chi connectivity index (χ4n) is 3.83. The Morgan fingerprint density at radius 2 is 1.65 bits per heavy atom. The molecule has 34 heavy (non-hydrogen) atoms. The van der Waals surface area contributed by atoms with Crippen LogP contribution < -0.4 is 10.2 Å². The van der Waals surface area contributed by atoms with Gasteiger partial charge in [-0.3, -0.25) is 9.59 Å². The minimum absolute atomic E-state index is 0.0411. The van der Waals surface area contributed by atoms with E-state index >= 15 is 0 Å². The number of halogens is 1. The second-order valence-electron chi connectivity index (χ2n) is 8.12. The van der Waals surface area contributed by atoms with Crippen molar-refractivity contribution >= 4 is 29.6 Å². The first-order chi connectivity index (χ1) is 16.6. The van der Waals surface area contributed by atoms with Crippen molar-refractivity contribution in [3.8, 4) is 5.75 Å². The third kappa shape index (κ3) is 6.23. The molecule has 174 valence electrons. The largest absolute Gasteiger partial charge is 0.488 e. The number of nitrogens with zero attached hydrogens (tertiary/aromatic N) is 2. The average Bonchev–Trinajstić information content (AvgIpc) is 2.89. The normalized spacial score (nSPS) is 14.2. The highest BCUT2D eigenvalue weighted by atomic mass is 35.5. The van der Waals surface area contributed by atoms with Gasteiger partial charge in [0.25, 0.3) is 5.91 Å². The van der Waals surface area contributed by atoms with Crippen LogP contribution in [0.25, 0.3) is 0 Å². The molecule has 0 spiro atoms. The monoisotopic (exact) mass is 475 g/mol. The Kier molecular flexibility index (Phi) is 7.94. The van der Waals surface area contributed by atoms with E-state index < -0.39 is 0 Å². The van der Waals surface area contributed by atoms with E-state index in [0.717, 1.165) is 11.1 Å². The van der Waals surface area contributed by atoms with E-state index in [2.05, 4.69) is 10.5 Å². The first kappa shape index (κ1) is 23.5. The molecule has 6 nitrogen and oxygen atoms in total. The second-order valence-corrected chi connectivity index (χ2v) is 8.56. The number of carbonyl (C=O) groups excluding carboxylic acids is 2. The summed E-state index contributed by atoms with van der Waals surface area (Å²) in [5, 5.41) is 4.74. The molecule has 0 bridgehead atoms. The zero-order valence-corrected chi connectivity index (χ0v) is 19.4. The number of rotatable bonds is 7. The van der Waals surface area contributed by atoms with Crippen molar-refractivity contribution in [3.63, 3.8) is 0 Å². The lowest BCUT2D eigenvalue weighted by molar-refractivity contribution is -0.126. The van der Waals surface area contributed by atoms with E-state index in [4.69, 9.17) is 16.3 Å². The highest BCUT2D eigenvalue weighted by Crippen LogP contribution is 2.21. The average molecular weight is 476 g/mol. The number of para-hydroxylation sites is 1. The van der Waals surface area contributed by atoms with Gasteiger partial charge in [-0.2, -0.15) is 5.10 Å². The Morgan fingerprint density at radius 1 is 0.971 bits per heavy atom. The third-order valence-corrected chi connectivity index (χ3v) is 6.03. The molecular formula is C27H26ClN3O3. The standard InChI is InChI=1S/C27H26ClN3O3/c28-24-12-10-22(11-13-24)27(33)31-16-14-21(15-17-31)26(32)30-29-18-23-8-4-5-9-25(23)34-19-20-6-2-1-3-7-20/h1-13,18,21H,14-17,19H2,(H,30,32)/b29-18-. The Labute approximate surface area is 204 Å². The lowest BCUT2D eigenvalue weighted by Crippen LogP contribution is -2.42. The number of carbonyl (C=O) groups is 2. The quantitative estimate of drug-likeness (QED) is 0.389. The van der Waals surface area contributed by atoms with Gasteiger partial charge in [0.1, 0.15) is 12.4 Å². The van der Waals surface area contributed by atoms with E-state index in [1.54, 1.807) is 35.4 Å². The molecule has 3 aromatic carbocycles. The molecular weight excluding hydrogens is 450 g/mol. The number of hydrazone groups is 1. The van der Waals surface area contributed by atoms with Crippen molar-refractivity contribution in [3.05, 3.63) is 101 Å². The second kappa shape index (κ2) is 11.5. The Morgan fingerprint density at radius 3 is 2.38 bits per heavy atom. The molecule has 0 aromatic heterocycles. The van der Waals surface area contributed by atoms with E-state index in [-0.39, 0.29) is 17.7 Å². The number of ether oxygens (including phenoxy) is 1. The number of likely N-dealkylation sites (tertiary alicyclic amines) is 1. The molecule has 0 atom stereocenters. The molecule has 0 saturated carbocycles. The van der Waals surface area contributed by atoms with Gasteiger partial charge in [-0.05, 0) is 54.8 Å². The Bertz CT molecular complexity index is 1140. The van der Waals surface area contributed by atoms with Gasteiger partial charge in [-0.15, -0.1) is 0 Å². The highest BCUT2D eigenvalue weighted by molar-refractivity contribution is 6.30. The fourth-order valence-corrected chi connectivity index (χ4v) is 3.96. The Balaban J connectivity index is 1.27. The zero-order chi connectivity index (χ0) is 23.8. The molecule has 1 aliphatic heterocycles. The van der Waals surface area contributed by atoms with Crippen LogP contribution in [0.15, 0.2) is 84.0 Å². The summed E-state index contributed by atoms with van der Waals surface area (Å²) in [5.74, 6) is 0.326. The van der Waals surface area contributed by atoms with Gasteiger partial charge >= 0.3 is 0 Å². The van der Waals surface area contributed by atoms with Crippen molar-refractivity contribution < 1.29 is 14.3 Å². The lowest BCUT2D eigenvalue weighted by Gasteiger charge is -2.31. The van der Waals surface area contributed by atoms with Gasteiger partial charge < -0.3 is 9.64 Å².